The highest BCUT2D eigenvalue weighted by molar-refractivity contribution is 7.17. The Morgan fingerprint density at radius 1 is 1.14 bits per heavy atom. The molecular weight excluding hydrogens is 314 g/mol. The zero-order valence-electron chi connectivity index (χ0n) is 11.1. The van der Waals surface area contributed by atoms with Crippen LogP contribution in [0.4, 0.5) is 8.78 Å². The van der Waals surface area contributed by atoms with Gasteiger partial charge in [0.1, 0.15) is 17.4 Å². The maximum Gasteiger partial charge on any atom is 0.134 e. The zero-order valence-corrected chi connectivity index (χ0v) is 12.6. The smallest absolute Gasteiger partial charge is 0.134 e. The van der Waals surface area contributed by atoms with Crippen molar-refractivity contribution in [2.75, 3.05) is 7.11 Å². The molecule has 5 heteroatoms. The Hall–Kier alpha value is -1.65. The molecule has 0 amide bonds. The van der Waals surface area contributed by atoms with Crippen LogP contribution in [-0.2, 0) is 0 Å². The van der Waals surface area contributed by atoms with E-state index in [1.165, 1.54) is 18.4 Å². The molecule has 0 aliphatic rings. The first kappa shape index (κ1) is 14.3. The molecule has 3 aromatic rings. The molecule has 1 atom stereocenters. The topological polar surface area (TPSA) is 9.23 Å². The fourth-order valence-corrected chi connectivity index (χ4v) is 3.72. The number of rotatable bonds is 3. The van der Waals surface area contributed by atoms with Crippen LogP contribution in [0.5, 0.6) is 5.75 Å². The van der Waals surface area contributed by atoms with Gasteiger partial charge >= 0.3 is 0 Å². The number of ether oxygens (including phenoxy) is 1. The molecule has 1 unspecified atom stereocenters. The van der Waals surface area contributed by atoms with Crippen molar-refractivity contribution in [2.45, 2.75) is 5.38 Å². The first-order valence-corrected chi connectivity index (χ1v) is 7.56. The number of benzene rings is 2. The zero-order chi connectivity index (χ0) is 15.0. The highest BCUT2D eigenvalue weighted by Crippen LogP contribution is 2.40. The van der Waals surface area contributed by atoms with Gasteiger partial charge in [0.05, 0.1) is 12.5 Å². The van der Waals surface area contributed by atoms with Crippen molar-refractivity contribution >= 4 is 33.0 Å². The standard InChI is InChI=1S/C16H11ClF2OS/c1-20-9-6-12(18)15(13(19)7-9)16(17)11-8-21-14-5-3-2-4-10(11)14/h2-8,16H,1H3. The number of hydrogen-bond donors (Lipinski definition) is 0. The van der Waals surface area contributed by atoms with E-state index in [9.17, 15) is 8.78 Å². The maximum atomic E-state index is 14.1. The van der Waals surface area contributed by atoms with Crippen molar-refractivity contribution < 1.29 is 13.5 Å². The molecule has 3 rings (SSSR count). The van der Waals surface area contributed by atoms with Gasteiger partial charge in [-0.15, -0.1) is 22.9 Å². The van der Waals surface area contributed by atoms with Gasteiger partial charge in [-0.25, -0.2) is 8.78 Å². The van der Waals surface area contributed by atoms with Gasteiger partial charge in [-0.05, 0) is 22.4 Å². The Morgan fingerprint density at radius 3 is 2.48 bits per heavy atom. The van der Waals surface area contributed by atoms with Crippen molar-refractivity contribution in [3.8, 4) is 5.75 Å². The number of alkyl halides is 1. The Labute approximate surface area is 129 Å². The Morgan fingerprint density at radius 2 is 1.81 bits per heavy atom. The van der Waals surface area contributed by atoms with Crippen LogP contribution < -0.4 is 4.74 Å². The molecule has 0 bridgehead atoms. The lowest BCUT2D eigenvalue weighted by Gasteiger charge is -2.13. The number of methoxy groups -OCH3 is 1. The van der Waals surface area contributed by atoms with E-state index in [1.807, 2.05) is 29.6 Å². The van der Waals surface area contributed by atoms with Crippen LogP contribution in [0.2, 0.25) is 0 Å². The summed E-state index contributed by atoms with van der Waals surface area (Å²) in [5.74, 6) is -1.28. The highest BCUT2D eigenvalue weighted by Gasteiger charge is 2.23. The predicted octanol–water partition coefficient (Wildman–Crippen LogP) is 5.52. The first-order chi connectivity index (χ1) is 10.1. The molecule has 0 aliphatic heterocycles. The van der Waals surface area contributed by atoms with Crippen molar-refractivity contribution in [1.82, 2.24) is 0 Å². The third-order valence-electron chi connectivity index (χ3n) is 3.33. The minimum atomic E-state index is -0.882. The molecule has 1 heterocycles. The van der Waals surface area contributed by atoms with E-state index in [0.717, 1.165) is 22.2 Å². The molecule has 108 valence electrons. The molecule has 2 aromatic carbocycles. The number of hydrogen-bond acceptors (Lipinski definition) is 2. The molecule has 0 saturated heterocycles. The summed E-state index contributed by atoms with van der Waals surface area (Å²) in [5, 5.41) is 1.87. The normalized spacial score (nSPS) is 12.6. The molecule has 0 fully saturated rings. The summed E-state index contributed by atoms with van der Waals surface area (Å²) in [6, 6.07) is 9.93. The fraction of sp³-hybridized carbons (Fsp3) is 0.125. The second kappa shape index (κ2) is 5.62. The second-order valence-electron chi connectivity index (χ2n) is 4.55. The van der Waals surface area contributed by atoms with Gasteiger partial charge in [-0.2, -0.15) is 0 Å². The summed E-state index contributed by atoms with van der Waals surface area (Å²) < 4.78 is 34.2. The molecule has 0 aliphatic carbocycles. The quantitative estimate of drug-likeness (QED) is 0.577. The van der Waals surface area contributed by atoms with Gasteiger partial charge < -0.3 is 4.74 Å². The van der Waals surface area contributed by atoms with E-state index in [0.29, 0.717) is 5.56 Å². The largest absolute Gasteiger partial charge is 0.497 e. The third kappa shape index (κ3) is 2.49. The summed E-state index contributed by atoms with van der Waals surface area (Å²) in [7, 11) is 1.36. The lowest BCUT2D eigenvalue weighted by molar-refractivity contribution is 0.405. The molecule has 1 nitrogen and oxygen atoms in total. The van der Waals surface area contributed by atoms with Crippen molar-refractivity contribution in [3.05, 3.63) is 64.5 Å². The molecule has 1 aromatic heterocycles. The SMILES string of the molecule is COc1cc(F)c(C(Cl)c2csc3ccccc23)c(F)c1. The van der Waals surface area contributed by atoms with Gasteiger partial charge in [0, 0.05) is 22.4 Å². The maximum absolute atomic E-state index is 14.1. The molecule has 0 saturated carbocycles. The summed E-state index contributed by atoms with van der Waals surface area (Å²) in [5.41, 5.74) is 0.557. The molecule has 0 N–H and O–H groups in total. The lowest BCUT2D eigenvalue weighted by Crippen LogP contribution is -2.01. The Kier molecular flexibility index (Phi) is 3.83. The van der Waals surface area contributed by atoms with E-state index < -0.39 is 17.0 Å². The van der Waals surface area contributed by atoms with E-state index in [2.05, 4.69) is 0 Å². The van der Waals surface area contributed by atoms with Crippen LogP contribution in [0.1, 0.15) is 16.5 Å². The van der Waals surface area contributed by atoms with Crippen LogP contribution >= 0.6 is 22.9 Å². The molecular formula is C16H11ClF2OS. The Balaban J connectivity index is 2.12. The second-order valence-corrected chi connectivity index (χ2v) is 5.90. The monoisotopic (exact) mass is 324 g/mol. The predicted molar refractivity (Wildman–Crippen MR) is 82.4 cm³/mol. The number of thiophene rings is 1. The van der Waals surface area contributed by atoms with E-state index in [-0.39, 0.29) is 11.3 Å². The van der Waals surface area contributed by atoms with Crippen LogP contribution in [0, 0.1) is 11.6 Å². The summed E-state index contributed by atoms with van der Waals surface area (Å²) in [4.78, 5) is 0. The first-order valence-electron chi connectivity index (χ1n) is 6.25. The minimum absolute atomic E-state index is 0.132. The summed E-state index contributed by atoms with van der Waals surface area (Å²) in [6.45, 7) is 0. The Bertz CT molecular complexity index is 777. The number of halogens is 3. The lowest BCUT2D eigenvalue weighted by atomic mass is 10.0. The average molecular weight is 325 g/mol. The third-order valence-corrected chi connectivity index (χ3v) is 4.76. The van der Waals surface area contributed by atoms with Crippen LogP contribution in [-0.4, -0.2) is 7.11 Å². The van der Waals surface area contributed by atoms with Crippen molar-refractivity contribution in [3.63, 3.8) is 0 Å². The molecule has 0 radical (unpaired) electrons. The van der Waals surface area contributed by atoms with E-state index >= 15 is 0 Å². The summed E-state index contributed by atoms with van der Waals surface area (Å²) >= 11 is 7.85. The number of fused-ring (bicyclic) bond motifs is 1. The van der Waals surface area contributed by atoms with Gasteiger partial charge in [-0.1, -0.05) is 18.2 Å². The highest BCUT2D eigenvalue weighted by atomic mass is 35.5. The van der Waals surface area contributed by atoms with Crippen LogP contribution in [0.3, 0.4) is 0 Å². The van der Waals surface area contributed by atoms with E-state index in [1.54, 1.807) is 0 Å². The minimum Gasteiger partial charge on any atom is -0.497 e. The summed E-state index contributed by atoms with van der Waals surface area (Å²) in [6.07, 6.45) is 0. The fourth-order valence-electron chi connectivity index (χ4n) is 2.27. The van der Waals surface area contributed by atoms with Crippen LogP contribution in [0.15, 0.2) is 41.8 Å². The molecule has 0 spiro atoms. The van der Waals surface area contributed by atoms with Gasteiger partial charge in [0.25, 0.3) is 0 Å². The van der Waals surface area contributed by atoms with Crippen LogP contribution in [0.25, 0.3) is 10.1 Å². The van der Waals surface area contributed by atoms with Gasteiger partial charge in [0.15, 0.2) is 0 Å². The van der Waals surface area contributed by atoms with E-state index in [4.69, 9.17) is 16.3 Å². The van der Waals surface area contributed by atoms with Crippen molar-refractivity contribution in [2.24, 2.45) is 0 Å². The van der Waals surface area contributed by atoms with Gasteiger partial charge in [0.2, 0.25) is 0 Å². The molecule has 21 heavy (non-hydrogen) atoms. The van der Waals surface area contributed by atoms with Gasteiger partial charge in [-0.3, -0.25) is 0 Å². The van der Waals surface area contributed by atoms with Crippen molar-refractivity contribution in [1.29, 1.82) is 0 Å². The average Bonchev–Trinajstić information content (AvgIpc) is 2.90.